The minimum atomic E-state index is 0.392. The fraction of sp³-hybridized carbons (Fsp3) is 0.417. The van der Waals surface area contributed by atoms with Gasteiger partial charge in [0.2, 0.25) is 0 Å². The molecule has 0 spiro atoms. The molecule has 5 heteroatoms. The van der Waals surface area contributed by atoms with Crippen molar-refractivity contribution in [2.45, 2.75) is 26.3 Å². The number of hydrogen-bond donors (Lipinski definition) is 1. The summed E-state index contributed by atoms with van der Waals surface area (Å²) in [5, 5.41) is 6.72. The van der Waals surface area contributed by atoms with Gasteiger partial charge in [-0.1, -0.05) is 6.92 Å². The molecule has 0 aromatic carbocycles. The lowest BCUT2D eigenvalue weighted by Crippen LogP contribution is -2.18. The number of nitrogens with one attached hydrogen (secondary N) is 1. The number of halogens is 1. The van der Waals surface area contributed by atoms with Crippen LogP contribution in [-0.4, -0.2) is 11.5 Å². The Morgan fingerprint density at radius 1 is 1.53 bits per heavy atom. The van der Waals surface area contributed by atoms with E-state index in [1.54, 1.807) is 22.7 Å². The molecular formula is C12H15BrN2S2. The first-order valence-corrected chi connectivity index (χ1v) is 8.13. The molecule has 0 saturated carbocycles. The van der Waals surface area contributed by atoms with Crippen LogP contribution in [0.15, 0.2) is 21.4 Å². The van der Waals surface area contributed by atoms with Gasteiger partial charge >= 0.3 is 0 Å². The molecule has 0 bridgehead atoms. The fourth-order valence-corrected chi connectivity index (χ4v) is 3.65. The molecule has 0 amide bonds. The molecule has 0 aliphatic heterocycles. The average molecular weight is 331 g/mol. The summed E-state index contributed by atoms with van der Waals surface area (Å²) in [6, 6.07) is 2.51. The normalized spacial score (nSPS) is 12.9. The van der Waals surface area contributed by atoms with Crippen molar-refractivity contribution >= 4 is 38.6 Å². The lowest BCUT2D eigenvalue weighted by atomic mass is 10.3. The Hall–Kier alpha value is -0.230. The van der Waals surface area contributed by atoms with Crippen molar-refractivity contribution in [1.82, 2.24) is 10.3 Å². The van der Waals surface area contributed by atoms with E-state index in [-0.39, 0.29) is 0 Å². The summed E-state index contributed by atoms with van der Waals surface area (Å²) in [5.41, 5.74) is 1.21. The topological polar surface area (TPSA) is 24.9 Å². The molecule has 2 rings (SSSR count). The summed E-state index contributed by atoms with van der Waals surface area (Å²) in [5.74, 6) is 0. The minimum absolute atomic E-state index is 0.392. The summed E-state index contributed by atoms with van der Waals surface area (Å²) in [6.45, 7) is 5.43. The van der Waals surface area contributed by atoms with E-state index in [4.69, 9.17) is 0 Å². The lowest BCUT2D eigenvalue weighted by Gasteiger charge is -2.09. The van der Waals surface area contributed by atoms with Gasteiger partial charge in [0.15, 0.2) is 0 Å². The largest absolute Gasteiger partial charge is 0.309 e. The number of aromatic nitrogens is 1. The van der Waals surface area contributed by atoms with Crippen molar-refractivity contribution in [1.29, 1.82) is 0 Å². The van der Waals surface area contributed by atoms with Gasteiger partial charge in [0, 0.05) is 28.1 Å². The maximum atomic E-state index is 4.49. The second-order valence-corrected chi connectivity index (χ2v) is 7.24. The van der Waals surface area contributed by atoms with Crippen LogP contribution in [0.2, 0.25) is 0 Å². The second kappa shape index (κ2) is 6.09. The Bertz CT molecular complexity index is 478. The molecule has 0 aliphatic carbocycles. The molecule has 92 valence electrons. The van der Waals surface area contributed by atoms with Crippen LogP contribution in [0.1, 0.15) is 31.2 Å². The zero-order valence-corrected chi connectivity index (χ0v) is 13.1. The molecule has 2 aromatic heterocycles. The predicted molar refractivity (Wildman–Crippen MR) is 79.8 cm³/mol. The summed E-state index contributed by atoms with van der Waals surface area (Å²) in [7, 11) is 0. The Balaban J connectivity index is 2.10. The maximum Gasteiger partial charge on any atom is 0.124 e. The smallest absolute Gasteiger partial charge is 0.124 e. The Morgan fingerprint density at radius 3 is 3.00 bits per heavy atom. The van der Waals surface area contributed by atoms with Crippen LogP contribution in [0.5, 0.6) is 0 Å². The third-order valence-corrected chi connectivity index (χ3v) is 5.20. The van der Waals surface area contributed by atoms with Crippen LogP contribution in [0.3, 0.4) is 0 Å². The van der Waals surface area contributed by atoms with Gasteiger partial charge in [-0.25, -0.2) is 4.98 Å². The monoisotopic (exact) mass is 330 g/mol. The highest BCUT2D eigenvalue weighted by Crippen LogP contribution is 2.33. The predicted octanol–water partition coefficient (Wildman–Crippen LogP) is 4.69. The Labute approximate surface area is 118 Å². The molecule has 2 heterocycles. The number of rotatable bonds is 5. The van der Waals surface area contributed by atoms with Crippen LogP contribution < -0.4 is 5.32 Å². The van der Waals surface area contributed by atoms with Crippen molar-refractivity contribution in [3.8, 4) is 10.6 Å². The number of hydrogen-bond acceptors (Lipinski definition) is 4. The zero-order valence-electron chi connectivity index (χ0n) is 9.87. The first kappa shape index (κ1) is 13.2. The fourth-order valence-electron chi connectivity index (χ4n) is 1.50. The van der Waals surface area contributed by atoms with Gasteiger partial charge in [-0.15, -0.1) is 22.7 Å². The van der Waals surface area contributed by atoms with E-state index in [1.807, 2.05) is 6.20 Å². The van der Waals surface area contributed by atoms with Gasteiger partial charge in [-0.05, 0) is 41.9 Å². The first-order chi connectivity index (χ1) is 8.20. The quantitative estimate of drug-likeness (QED) is 0.859. The van der Waals surface area contributed by atoms with E-state index in [1.165, 1.54) is 10.4 Å². The van der Waals surface area contributed by atoms with E-state index >= 15 is 0 Å². The van der Waals surface area contributed by atoms with Crippen LogP contribution >= 0.6 is 38.6 Å². The standard InChI is InChI=1S/C12H15BrN2S2/c1-3-4-14-8(2)10-6-15-12(17-10)9-5-11(13)16-7-9/h5-8,14H,3-4H2,1-2H3. The third kappa shape index (κ3) is 3.37. The molecule has 0 fully saturated rings. The van der Waals surface area contributed by atoms with Gasteiger partial charge in [0.1, 0.15) is 5.01 Å². The molecule has 1 atom stereocenters. The van der Waals surface area contributed by atoms with Gasteiger partial charge in [-0.2, -0.15) is 0 Å². The van der Waals surface area contributed by atoms with E-state index in [2.05, 4.69) is 51.5 Å². The molecule has 1 N–H and O–H groups in total. The van der Waals surface area contributed by atoms with E-state index in [0.29, 0.717) is 6.04 Å². The third-order valence-electron chi connectivity index (χ3n) is 2.47. The summed E-state index contributed by atoms with van der Waals surface area (Å²) in [6.07, 6.45) is 3.15. The van der Waals surface area contributed by atoms with Crippen molar-refractivity contribution in [2.75, 3.05) is 6.54 Å². The molecule has 17 heavy (non-hydrogen) atoms. The summed E-state index contributed by atoms with van der Waals surface area (Å²) in [4.78, 5) is 5.79. The van der Waals surface area contributed by atoms with Crippen LogP contribution in [0.4, 0.5) is 0 Å². The number of thiophene rings is 1. The van der Waals surface area contributed by atoms with Crippen LogP contribution in [-0.2, 0) is 0 Å². The van der Waals surface area contributed by atoms with Crippen molar-refractivity contribution < 1.29 is 0 Å². The summed E-state index contributed by atoms with van der Waals surface area (Å²) >= 11 is 6.95. The minimum Gasteiger partial charge on any atom is -0.309 e. The number of nitrogens with zero attached hydrogens (tertiary/aromatic N) is 1. The van der Waals surface area contributed by atoms with Gasteiger partial charge in [-0.3, -0.25) is 0 Å². The molecule has 0 aliphatic rings. The van der Waals surface area contributed by atoms with Gasteiger partial charge in [0.05, 0.1) is 3.79 Å². The molecule has 0 saturated heterocycles. The molecule has 2 aromatic rings. The van der Waals surface area contributed by atoms with Crippen LogP contribution in [0.25, 0.3) is 10.6 Å². The summed E-state index contributed by atoms with van der Waals surface area (Å²) < 4.78 is 1.15. The van der Waals surface area contributed by atoms with Crippen molar-refractivity contribution in [3.05, 3.63) is 26.3 Å². The first-order valence-electron chi connectivity index (χ1n) is 5.64. The highest BCUT2D eigenvalue weighted by molar-refractivity contribution is 9.11. The van der Waals surface area contributed by atoms with E-state index in [9.17, 15) is 0 Å². The molecule has 0 radical (unpaired) electrons. The molecule has 1 unspecified atom stereocenters. The lowest BCUT2D eigenvalue weighted by molar-refractivity contribution is 0.577. The van der Waals surface area contributed by atoms with Crippen molar-refractivity contribution in [2.24, 2.45) is 0 Å². The Morgan fingerprint density at radius 2 is 2.35 bits per heavy atom. The van der Waals surface area contributed by atoms with E-state index in [0.717, 1.165) is 21.8 Å². The van der Waals surface area contributed by atoms with E-state index < -0.39 is 0 Å². The Kier molecular flexibility index (Phi) is 4.73. The highest BCUT2D eigenvalue weighted by atomic mass is 79.9. The SMILES string of the molecule is CCCNC(C)c1cnc(-c2csc(Br)c2)s1. The maximum absolute atomic E-state index is 4.49. The van der Waals surface area contributed by atoms with Gasteiger partial charge < -0.3 is 5.32 Å². The molecular weight excluding hydrogens is 316 g/mol. The van der Waals surface area contributed by atoms with Crippen LogP contribution in [0, 0.1) is 0 Å². The zero-order chi connectivity index (χ0) is 12.3. The highest BCUT2D eigenvalue weighted by Gasteiger charge is 2.11. The van der Waals surface area contributed by atoms with Crippen molar-refractivity contribution in [3.63, 3.8) is 0 Å². The van der Waals surface area contributed by atoms with Gasteiger partial charge in [0.25, 0.3) is 0 Å². The average Bonchev–Trinajstić information content (AvgIpc) is 2.93. The second-order valence-electron chi connectivity index (χ2n) is 3.88. The number of thiazole rings is 1. The molecule has 2 nitrogen and oxygen atoms in total.